The Morgan fingerprint density at radius 2 is 1.84 bits per heavy atom. The van der Waals surface area contributed by atoms with E-state index < -0.39 is 0 Å². The number of fused-ring (bicyclic) bond motifs is 1. The molecular weight excluding hydrogens is 242 g/mol. The molecule has 0 fully saturated rings. The van der Waals surface area contributed by atoms with E-state index in [1.165, 1.54) is 0 Å². The van der Waals surface area contributed by atoms with Crippen LogP contribution in [0.25, 0.3) is 10.9 Å². The van der Waals surface area contributed by atoms with Crippen LogP contribution in [0.15, 0.2) is 24.3 Å². The Hall–Kier alpha value is -2.04. The highest BCUT2D eigenvalue weighted by molar-refractivity contribution is 5.86. The van der Waals surface area contributed by atoms with Gasteiger partial charge in [-0.2, -0.15) is 0 Å². The van der Waals surface area contributed by atoms with Gasteiger partial charge in [-0.05, 0) is 39.8 Å². The largest absolute Gasteiger partial charge is 0.417 e. The molecule has 0 radical (unpaired) electrons. The van der Waals surface area contributed by atoms with Gasteiger partial charge in [-0.25, -0.2) is 4.79 Å². The van der Waals surface area contributed by atoms with Crippen LogP contribution in [0, 0.1) is 0 Å². The lowest BCUT2D eigenvalue weighted by atomic mass is 10.2. The quantitative estimate of drug-likeness (QED) is 0.923. The second-order valence-corrected chi connectivity index (χ2v) is 5.04. The van der Waals surface area contributed by atoms with Crippen molar-refractivity contribution in [3.63, 3.8) is 0 Å². The number of carbonyl (C=O) groups is 1. The minimum absolute atomic E-state index is 0.0812. The third-order valence-corrected chi connectivity index (χ3v) is 2.94. The van der Waals surface area contributed by atoms with Crippen molar-refractivity contribution in [3.8, 4) is 5.88 Å². The summed E-state index contributed by atoms with van der Waals surface area (Å²) in [4.78, 5) is 13.9. The first-order chi connectivity index (χ1) is 9.00. The molecule has 19 heavy (non-hydrogen) atoms. The molecule has 5 heteroatoms. The summed E-state index contributed by atoms with van der Waals surface area (Å²) in [6.07, 6.45) is -0.373. The number of ether oxygens (including phenoxy) is 1. The maximum absolute atomic E-state index is 12.2. The first-order valence-corrected chi connectivity index (χ1v) is 6.44. The van der Waals surface area contributed by atoms with Crippen LogP contribution in [0.2, 0.25) is 0 Å². The number of para-hydroxylation sites is 1. The van der Waals surface area contributed by atoms with Crippen LogP contribution < -0.4 is 4.74 Å². The second kappa shape index (κ2) is 5.30. The standard InChI is InChI=1S/C14H19N3O2/c1-9(2)17(10(3)4)14(18)19-13-11-7-5-6-8-12(11)15-16-13/h5-10H,1-4H3,(H,15,16). The number of nitrogens with one attached hydrogen (secondary N) is 1. The number of aromatic amines is 1. The van der Waals surface area contributed by atoms with Gasteiger partial charge in [-0.15, -0.1) is 5.10 Å². The fraction of sp³-hybridized carbons (Fsp3) is 0.429. The minimum Gasteiger partial charge on any atom is -0.389 e. The van der Waals surface area contributed by atoms with E-state index in [4.69, 9.17) is 4.74 Å². The molecule has 5 nitrogen and oxygen atoms in total. The SMILES string of the molecule is CC(C)N(C(=O)Oc1n[nH]c2ccccc12)C(C)C. The van der Waals surface area contributed by atoms with Gasteiger partial charge < -0.3 is 9.64 Å². The summed E-state index contributed by atoms with van der Waals surface area (Å²) in [5, 5.41) is 7.70. The minimum atomic E-state index is -0.373. The second-order valence-electron chi connectivity index (χ2n) is 5.04. The zero-order chi connectivity index (χ0) is 14.0. The van der Waals surface area contributed by atoms with Crippen molar-refractivity contribution < 1.29 is 9.53 Å². The van der Waals surface area contributed by atoms with E-state index in [1.807, 2.05) is 52.0 Å². The zero-order valence-corrected chi connectivity index (χ0v) is 11.7. The molecule has 0 saturated carbocycles. The highest BCUT2D eigenvalue weighted by Crippen LogP contribution is 2.23. The van der Waals surface area contributed by atoms with E-state index in [2.05, 4.69) is 10.2 Å². The molecule has 0 aliphatic carbocycles. The van der Waals surface area contributed by atoms with Gasteiger partial charge in [0.25, 0.3) is 5.88 Å². The Kier molecular flexibility index (Phi) is 3.74. The lowest BCUT2D eigenvalue weighted by Crippen LogP contribution is -2.43. The molecular formula is C14H19N3O2. The van der Waals surface area contributed by atoms with Crippen molar-refractivity contribution in [2.24, 2.45) is 0 Å². The fourth-order valence-electron chi connectivity index (χ4n) is 2.17. The van der Waals surface area contributed by atoms with E-state index in [9.17, 15) is 4.79 Å². The fourth-order valence-corrected chi connectivity index (χ4v) is 2.17. The molecule has 1 heterocycles. The molecule has 1 aromatic carbocycles. The van der Waals surface area contributed by atoms with Crippen molar-refractivity contribution in [1.29, 1.82) is 0 Å². The van der Waals surface area contributed by atoms with Crippen LogP contribution in [0.5, 0.6) is 5.88 Å². The third-order valence-electron chi connectivity index (χ3n) is 2.94. The summed E-state index contributed by atoms with van der Waals surface area (Å²) in [6, 6.07) is 7.72. The Labute approximate surface area is 112 Å². The van der Waals surface area contributed by atoms with Gasteiger partial charge in [0.15, 0.2) is 0 Å². The predicted molar refractivity (Wildman–Crippen MR) is 74.2 cm³/mol. The molecule has 0 aliphatic heterocycles. The van der Waals surface area contributed by atoms with Gasteiger partial charge in [0.1, 0.15) is 0 Å². The summed E-state index contributed by atoms with van der Waals surface area (Å²) < 4.78 is 5.40. The Balaban J connectivity index is 2.23. The average molecular weight is 261 g/mol. The molecule has 102 valence electrons. The molecule has 0 spiro atoms. The third kappa shape index (κ3) is 2.70. The van der Waals surface area contributed by atoms with Gasteiger partial charge in [0.05, 0.1) is 10.9 Å². The van der Waals surface area contributed by atoms with Crippen LogP contribution >= 0.6 is 0 Å². The molecule has 0 bridgehead atoms. The first kappa shape index (κ1) is 13.4. The van der Waals surface area contributed by atoms with Crippen molar-refractivity contribution in [3.05, 3.63) is 24.3 Å². The van der Waals surface area contributed by atoms with Crippen LogP contribution in [-0.4, -0.2) is 33.3 Å². The molecule has 2 rings (SSSR count). The summed E-state index contributed by atoms with van der Waals surface area (Å²) >= 11 is 0. The predicted octanol–water partition coefficient (Wildman–Crippen LogP) is 3.18. The number of rotatable bonds is 3. The Morgan fingerprint density at radius 3 is 2.47 bits per heavy atom. The van der Waals surface area contributed by atoms with Gasteiger partial charge in [0, 0.05) is 12.1 Å². The van der Waals surface area contributed by atoms with Crippen LogP contribution in [0.3, 0.4) is 0 Å². The number of nitrogens with zero attached hydrogens (tertiary/aromatic N) is 2. The molecule has 1 N–H and O–H groups in total. The topological polar surface area (TPSA) is 58.2 Å². The number of benzene rings is 1. The van der Waals surface area contributed by atoms with Gasteiger partial charge in [-0.1, -0.05) is 12.1 Å². The normalized spacial score (nSPS) is 11.3. The average Bonchev–Trinajstić information content (AvgIpc) is 2.72. The molecule has 0 saturated heterocycles. The number of hydrogen-bond donors (Lipinski definition) is 1. The Morgan fingerprint density at radius 1 is 1.21 bits per heavy atom. The lowest BCUT2D eigenvalue weighted by molar-refractivity contribution is 0.121. The molecule has 2 aromatic rings. The molecule has 0 aliphatic rings. The van der Waals surface area contributed by atoms with Gasteiger partial charge >= 0.3 is 6.09 Å². The summed E-state index contributed by atoms with van der Waals surface area (Å²) in [5.41, 5.74) is 0.853. The van der Waals surface area contributed by atoms with Crippen LogP contribution in [-0.2, 0) is 0 Å². The maximum atomic E-state index is 12.2. The van der Waals surface area contributed by atoms with Crippen LogP contribution in [0.4, 0.5) is 4.79 Å². The number of carbonyl (C=O) groups excluding carboxylic acids is 1. The number of aromatic nitrogens is 2. The molecule has 0 atom stereocenters. The zero-order valence-electron chi connectivity index (χ0n) is 11.7. The summed E-state index contributed by atoms with van der Waals surface area (Å²) in [6.45, 7) is 7.85. The summed E-state index contributed by atoms with van der Waals surface area (Å²) in [5.74, 6) is 0.326. The summed E-state index contributed by atoms with van der Waals surface area (Å²) in [7, 11) is 0. The van der Waals surface area contributed by atoms with Crippen molar-refractivity contribution in [1.82, 2.24) is 15.1 Å². The van der Waals surface area contributed by atoms with E-state index in [0.29, 0.717) is 5.88 Å². The van der Waals surface area contributed by atoms with Crippen molar-refractivity contribution >= 4 is 17.0 Å². The number of H-pyrrole nitrogens is 1. The Bertz CT molecular complexity index is 567. The van der Waals surface area contributed by atoms with E-state index >= 15 is 0 Å². The molecule has 1 amide bonds. The number of amides is 1. The van der Waals surface area contributed by atoms with Crippen molar-refractivity contribution in [2.75, 3.05) is 0 Å². The van der Waals surface area contributed by atoms with Gasteiger partial charge in [-0.3, -0.25) is 5.10 Å². The maximum Gasteiger partial charge on any atom is 0.417 e. The molecule has 0 unspecified atom stereocenters. The first-order valence-electron chi connectivity index (χ1n) is 6.44. The van der Waals surface area contributed by atoms with Crippen molar-refractivity contribution in [2.45, 2.75) is 39.8 Å². The lowest BCUT2D eigenvalue weighted by Gasteiger charge is -2.29. The molecule has 1 aromatic heterocycles. The monoisotopic (exact) mass is 261 g/mol. The van der Waals surface area contributed by atoms with E-state index in [-0.39, 0.29) is 18.2 Å². The van der Waals surface area contributed by atoms with E-state index in [1.54, 1.807) is 4.90 Å². The highest BCUT2D eigenvalue weighted by Gasteiger charge is 2.23. The highest BCUT2D eigenvalue weighted by atomic mass is 16.6. The van der Waals surface area contributed by atoms with Crippen LogP contribution in [0.1, 0.15) is 27.7 Å². The smallest absolute Gasteiger partial charge is 0.389 e. The number of hydrogen-bond acceptors (Lipinski definition) is 3. The van der Waals surface area contributed by atoms with E-state index in [0.717, 1.165) is 10.9 Å². The van der Waals surface area contributed by atoms with Gasteiger partial charge in [0.2, 0.25) is 0 Å².